The number of hydrogen-bond donors (Lipinski definition) is 0. The van der Waals surface area contributed by atoms with Gasteiger partial charge in [0.2, 0.25) is 0 Å². The maximum Gasteiger partial charge on any atom is 0.0664 e. The molecule has 0 aromatic rings. The highest BCUT2D eigenvalue weighted by Crippen LogP contribution is 2.62. The van der Waals surface area contributed by atoms with Gasteiger partial charge in [0, 0.05) is 13.9 Å². The predicted molar refractivity (Wildman–Crippen MR) is 60.8 cm³/mol. The summed E-state index contributed by atoms with van der Waals surface area (Å²) < 4.78 is 0. The van der Waals surface area contributed by atoms with E-state index in [1.165, 1.54) is 32.1 Å². The first-order chi connectivity index (χ1) is 5.69. The van der Waals surface area contributed by atoms with E-state index in [2.05, 4.69) is 20.5 Å². The van der Waals surface area contributed by atoms with Gasteiger partial charge in [0.05, 0.1) is 18.0 Å². The van der Waals surface area contributed by atoms with E-state index in [1.54, 1.807) is 12.3 Å². The quantitative estimate of drug-likeness (QED) is 0.573. The van der Waals surface area contributed by atoms with Gasteiger partial charge in [-0.25, -0.2) is 0 Å². The van der Waals surface area contributed by atoms with E-state index in [1.807, 2.05) is 0 Å². The highest BCUT2D eigenvalue weighted by Gasteiger charge is 2.36. The van der Waals surface area contributed by atoms with Crippen LogP contribution in [0.2, 0.25) is 0 Å². The number of hydrogen-bond acceptors (Lipinski definition) is 0. The van der Waals surface area contributed by atoms with Gasteiger partial charge in [-0.2, -0.15) is 0 Å². The van der Waals surface area contributed by atoms with Crippen LogP contribution < -0.4 is 0 Å². The lowest BCUT2D eigenvalue weighted by molar-refractivity contribution is 0.726. The summed E-state index contributed by atoms with van der Waals surface area (Å²) in [5, 5.41) is 0. The van der Waals surface area contributed by atoms with Crippen molar-refractivity contribution in [2.24, 2.45) is 0 Å². The fraction of sp³-hybridized carbons (Fsp3) is 1.00. The van der Waals surface area contributed by atoms with Crippen LogP contribution in [0.4, 0.5) is 0 Å². The molecule has 1 unspecified atom stereocenters. The molecule has 0 aliphatic carbocycles. The molecule has 1 saturated heterocycles. The van der Waals surface area contributed by atoms with Crippen LogP contribution in [-0.4, -0.2) is 24.6 Å². The van der Waals surface area contributed by atoms with Crippen LogP contribution >= 0.6 is 7.26 Å². The normalized spacial score (nSPS) is 26.2. The molecule has 1 heteroatoms. The molecular formula is C11H24P+. The summed E-state index contributed by atoms with van der Waals surface area (Å²) in [6.07, 6.45) is 10.6. The minimum Gasteiger partial charge on any atom is -0.0617 e. The zero-order valence-corrected chi connectivity index (χ0v) is 9.87. The fourth-order valence-corrected chi connectivity index (χ4v) is 6.17. The molecule has 1 aliphatic heterocycles. The minimum absolute atomic E-state index is 0.498. The summed E-state index contributed by atoms with van der Waals surface area (Å²) in [6.45, 7) is 7.46. The maximum absolute atomic E-state index is 2.62. The molecule has 1 fully saturated rings. The smallest absolute Gasteiger partial charge is 0.0617 e. The van der Waals surface area contributed by atoms with Crippen molar-refractivity contribution >= 4 is 7.26 Å². The van der Waals surface area contributed by atoms with Crippen LogP contribution in [0.5, 0.6) is 0 Å². The number of rotatable bonds is 2. The zero-order chi connectivity index (χ0) is 9.03. The lowest BCUT2D eigenvalue weighted by Gasteiger charge is -2.27. The van der Waals surface area contributed by atoms with Crippen molar-refractivity contribution in [3.63, 3.8) is 0 Å². The topological polar surface area (TPSA) is 0 Å². The molecule has 0 amide bonds. The van der Waals surface area contributed by atoms with Crippen LogP contribution in [0, 0.1) is 0 Å². The van der Waals surface area contributed by atoms with Gasteiger partial charge >= 0.3 is 0 Å². The van der Waals surface area contributed by atoms with Crippen molar-refractivity contribution in [3.05, 3.63) is 0 Å². The highest BCUT2D eigenvalue weighted by atomic mass is 31.2. The van der Waals surface area contributed by atoms with E-state index >= 15 is 0 Å². The van der Waals surface area contributed by atoms with Crippen LogP contribution in [-0.2, 0) is 0 Å². The molecule has 1 rings (SSSR count). The fourth-order valence-electron chi connectivity index (χ4n) is 2.29. The first-order valence-electron chi connectivity index (χ1n) is 5.53. The molecule has 0 spiro atoms. The lowest BCUT2D eigenvalue weighted by atomic mass is 10.2. The lowest BCUT2D eigenvalue weighted by Crippen LogP contribution is -2.13. The van der Waals surface area contributed by atoms with E-state index in [4.69, 9.17) is 0 Å². The summed E-state index contributed by atoms with van der Waals surface area (Å²) in [7, 11) is -0.498. The second kappa shape index (κ2) is 4.61. The van der Waals surface area contributed by atoms with Crippen LogP contribution in [0.25, 0.3) is 0 Å². The van der Waals surface area contributed by atoms with Crippen molar-refractivity contribution in [3.8, 4) is 0 Å². The van der Waals surface area contributed by atoms with Crippen LogP contribution in [0.3, 0.4) is 0 Å². The maximum atomic E-state index is 2.62. The third-order valence-corrected chi connectivity index (χ3v) is 8.91. The molecule has 1 heterocycles. The standard InChI is InChI=1S/C11H24P/c1-4-11(2)12(3)9-7-5-6-8-10-12/h11H,4-10H2,1-3H3/q+1. The Hall–Kier alpha value is 0.430. The van der Waals surface area contributed by atoms with Crippen molar-refractivity contribution < 1.29 is 0 Å². The highest BCUT2D eigenvalue weighted by molar-refractivity contribution is 7.75. The summed E-state index contributed by atoms with van der Waals surface area (Å²) in [5.74, 6) is 0. The Labute approximate surface area is 78.5 Å². The van der Waals surface area contributed by atoms with Gasteiger partial charge in [-0.1, -0.05) is 6.92 Å². The Bertz CT molecular complexity index is 123. The van der Waals surface area contributed by atoms with E-state index in [0.717, 1.165) is 5.66 Å². The minimum atomic E-state index is -0.498. The Morgan fingerprint density at radius 2 is 1.58 bits per heavy atom. The van der Waals surface area contributed by atoms with Crippen molar-refractivity contribution in [2.45, 2.75) is 51.6 Å². The molecule has 0 bridgehead atoms. The van der Waals surface area contributed by atoms with E-state index in [9.17, 15) is 0 Å². The first kappa shape index (κ1) is 10.5. The molecular weight excluding hydrogens is 163 g/mol. The largest absolute Gasteiger partial charge is 0.0664 e. The van der Waals surface area contributed by atoms with Crippen LogP contribution in [0.1, 0.15) is 46.0 Å². The second-order valence-electron chi connectivity index (χ2n) is 4.60. The van der Waals surface area contributed by atoms with Crippen molar-refractivity contribution in [2.75, 3.05) is 19.0 Å². The average molecular weight is 187 g/mol. The molecule has 0 aromatic carbocycles. The summed E-state index contributed by atoms with van der Waals surface area (Å²) >= 11 is 0. The third-order valence-electron chi connectivity index (χ3n) is 3.74. The summed E-state index contributed by atoms with van der Waals surface area (Å²) in [6, 6.07) is 0. The summed E-state index contributed by atoms with van der Waals surface area (Å²) in [4.78, 5) is 0. The van der Waals surface area contributed by atoms with Gasteiger partial charge in [0.25, 0.3) is 0 Å². The van der Waals surface area contributed by atoms with Crippen LogP contribution in [0.15, 0.2) is 0 Å². The van der Waals surface area contributed by atoms with Crippen molar-refractivity contribution in [1.29, 1.82) is 0 Å². The zero-order valence-electron chi connectivity index (χ0n) is 8.97. The molecule has 0 N–H and O–H groups in total. The molecule has 72 valence electrons. The molecule has 12 heavy (non-hydrogen) atoms. The monoisotopic (exact) mass is 187 g/mol. The molecule has 1 atom stereocenters. The Morgan fingerprint density at radius 3 is 2.00 bits per heavy atom. The van der Waals surface area contributed by atoms with Gasteiger partial charge < -0.3 is 0 Å². The Kier molecular flexibility index (Phi) is 4.03. The Morgan fingerprint density at radius 1 is 1.08 bits per heavy atom. The van der Waals surface area contributed by atoms with E-state index < -0.39 is 7.26 Å². The summed E-state index contributed by atoms with van der Waals surface area (Å²) in [5.41, 5.74) is 1.04. The molecule has 0 saturated carbocycles. The molecule has 0 radical (unpaired) electrons. The first-order valence-corrected chi connectivity index (χ1v) is 8.21. The third kappa shape index (κ3) is 2.46. The van der Waals surface area contributed by atoms with Crippen molar-refractivity contribution in [1.82, 2.24) is 0 Å². The molecule has 0 nitrogen and oxygen atoms in total. The second-order valence-corrected chi connectivity index (χ2v) is 9.33. The molecule has 1 aliphatic rings. The van der Waals surface area contributed by atoms with Gasteiger partial charge in [-0.05, 0) is 39.0 Å². The van der Waals surface area contributed by atoms with Gasteiger partial charge in [0.1, 0.15) is 0 Å². The predicted octanol–water partition coefficient (Wildman–Crippen LogP) is 4.01. The average Bonchev–Trinajstić information content (AvgIpc) is 2.29. The van der Waals surface area contributed by atoms with Gasteiger partial charge in [-0.15, -0.1) is 0 Å². The molecule has 0 aromatic heterocycles. The van der Waals surface area contributed by atoms with E-state index in [-0.39, 0.29) is 0 Å². The van der Waals surface area contributed by atoms with E-state index in [0.29, 0.717) is 0 Å². The Balaban J connectivity index is 2.53. The van der Waals surface area contributed by atoms with Gasteiger partial charge in [-0.3, -0.25) is 0 Å². The van der Waals surface area contributed by atoms with Gasteiger partial charge in [0.15, 0.2) is 0 Å². The SMILES string of the molecule is CCC(C)[P+]1(C)CCCCCC1.